The summed E-state index contributed by atoms with van der Waals surface area (Å²) >= 11 is 0. The Balaban J connectivity index is 2.26. The molecule has 2 aromatic carbocycles. The van der Waals surface area contributed by atoms with Crippen LogP contribution in [0.25, 0.3) is 0 Å². The van der Waals surface area contributed by atoms with Gasteiger partial charge in [-0.2, -0.15) is 10.2 Å². The maximum atomic E-state index is 12.7. The summed E-state index contributed by atoms with van der Waals surface area (Å²) in [5.41, 5.74) is 1.80. The fraction of sp³-hybridized carbons (Fsp3) is 0.167. The van der Waals surface area contributed by atoms with Gasteiger partial charge in [0.25, 0.3) is 0 Å². The molecule has 22 heavy (non-hydrogen) atoms. The van der Waals surface area contributed by atoms with Gasteiger partial charge in [0.2, 0.25) is 0 Å². The Morgan fingerprint density at radius 1 is 0.955 bits per heavy atom. The second-order valence-corrected chi connectivity index (χ2v) is 5.11. The summed E-state index contributed by atoms with van der Waals surface area (Å²) < 4.78 is 5.11. The van der Waals surface area contributed by atoms with Crippen LogP contribution in [0.1, 0.15) is 18.1 Å². The number of esters is 1. The molecule has 1 aliphatic rings. The average molecular weight is 292 g/mol. The zero-order valence-electron chi connectivity index (χ0n) is 12.5. The first-order valence-electron chi connectivity index (χ1n) is 7.04. The van der Waals surface area contributed by atoms with Gasteiger partial charge < -0.3 is 4.74 Å². The summed E-state index contributed by atoms with van der Waals surface area (Å²) in [5.74, 6) is -0.375. The molecule has 0 N–H and O–H groups in total. The van der Waals surface area contributed by atoms with Gasteiger partial charge in [0, 0.05) is 0 Å². The molecule has 2 aromatic rings. The van der Waals surface area contributed by atoms with Crippen molar-refractivity contribution in [1.29, 1.82) is 0 Å². The van der Waals surface area contributed by atoms with Crippen LogP contribution in [0.15, 0.2) is 70.9 Å². The fourth-order valence-corrected chi connectivity index (χ4v) is 2.87. The molecule has 0 radical (unpaired) electrons. The maximum Gasteiger partial charge on any atom is 0.328 e. The third kappa shape index (κ3) is 1.96. The average Bonchev–Trinajstić information content (AvgIpc) is 2.94. The van der Waals surface area contributed by atoms with Crippen molar-refractivity contribution in [3.8, 4) is 0 Å². The highest BCUT2D eigenvalue weighted by Gasteiger charge is 2.52. The Labute approximate surface area is 129 Å². The minimum absolute atomic E-state index is 0.375. The molecule has 0 aromatic heterocycles. The summed E-state index contributed by atoms with van der Waals surface area (Å²) in [6, 6.07) is 19.1. The maximum absolute atomic E-state index is 12.7. The lowest BCUT2D eigenvalue weighted by Gasteiger charge is -2.28. The number of carbonyl (C=O) groups excluding carboxylic acids is 1. The number of ether oxygens (including phenoxy) is 1. The zero-order chi connectivity index (χ0) is 15.6. The molecular weight excluding hydrogens is 276 g/mol. The van der Waals surface area contributed by atoms with E-state index in [-0.39, 0.29) is 5.97 Å². The first-order valence-corrected chi connectivity index (χ1v) is 7.04. The number of methoxy groups -OCH3 is 1. The van der Waals surface area contributed by atoms with Crippen LogP contribution in [0, 0.1) is 0 Å². The van der Waals surface area contributed by atoms with Crippen LogP contribution in [0.2, 0.25) is 0 Å². The Morgan fingerprint density at radius 3 is 2.14 bits per heavy atom. The van der Waals surface area contributed by atoms with Gasteiger partial charge >= 0.3 is 5.97 Å². The van der Waals surface area contributed by atoms with Gasteiger partial charge in [-0.3, -0.25) is 4.79 Å². The van der Waals surface area contributed by atoms with E-state index in [1.807, 2.05) is 67.6 Å². The topological polar surface area (TPSA) is 51.0 Å². The summed E-state index contributed by atoms with van der Waals surface area (Å²) in [5, 5.41) is 8.49. The lowest BCUT2D eigenvalue weighted by Crippen LogP contribution is -2.48. The minimum atomic E-state index is -1.09. The summed E-state index contributed by atoms with van der Waals surface area (Å²) in [4.78, 5) is 12.7. The highest BCUT2D eigenvalue weighted by atomic mass is 16.5. The van der Waals surface area contributed by atoms with Crippen molar-refractivity contribution in [3.05, 3.63) is 71.8 Å². The van der Waals surface area contributed by atoms with Gasteiger partial charge in [-0.1, -0.05) is 60.7 Å². The van der Waals surface area contributed by atoms with E-state index in [1.165, 1.54) is 7.11 Å². The molecule has 0 spiro atoms. The van der Waals surface area contributed by atoms with Gasteiger partial charge in [-0.25, -0.2) is 0 Å². The molecule has 1 aliphatic heterocycles. The SMILES string of the molecule is COC(=O)C1(c2ccccc2)C(C)=NN=C1c1ccccc1. The molecule has 0 saturated carbocycles. The van der Waals surface area contributed by atoms with Crippen molar-refractivity contribution in [1.82, 2.24) is 0 Å². The third-order valence-corrected chi connectivity index (χ3v) is 3.94. The lowest BCUT2D eigenvalue weighted by molar-refractivity contribution is -0.142. The van der Waals surface area contributed by atoms with E-state index in [2.05, 4.69) is 10.2 Å². The van der Waals surface area contributed by atoms with E-state index in [0.29, 0.717) is 11.4 Å². The number of benzene rings is 2. The molecule has 3 rings (SSSR count). The van der Waals surface area contributed by atoms with Crippen molar-refractivity contribution in [2.24, 2.45) is 10.2 Å². The molecule has 0 aliphatic carbocycles. The van der Waals surface area contributed by atoms with Crippen LogP contribution < -0.4 is 0 Å². The smallest absolute Gasteiger partial charge is 0.328 e. The lowest BCUT2D eigenvalue weighted by atomic mass is 9.71. The normalized spacial score (nSPS) is 20.3. The predicted octanol–water partition coefficient (Wildman–Crippen LogP) is 2.98. The van der Waals surface area contributed by atoms with Crippen LogP contribution in [-0.4, -0.2) is 24.5 Å². The van der Waals surface area contributed by atoms with Crippen LogP contribution in [0.4, 0.5) is 0 Å². The molecule has 1 heterocycles. The molecule has 0 amide bonds. The second-order valence-electron chi connectivity index (χ2n) is 5.11. The van der Waals surface area contributed by atoms with Crippen LogP contribution in [-0.2, 0) is 14.9 Å². The standard InChI is InChI=1S/C18H16N2O2/c1-13-18(17(21)22-2,15-11-7-4-8-12-15)16(20-19-13)14-9-5-3-6-10-14/h3-12H,1-2H3. The van der Waals surface area contributed by atoms with E-state index in [0.717, 1.165) is 11.1 Å². The molecule has 4 heteroatoms. The quantitative estimate of drug-likeness (QED) is 0.817. The van der Waals surface area contributed by atoms with E-state index < -0.39 is 5.41 Å². The summed E-state index contributed by atoms with van der Waals surface area (Å²) in [6.07, 6.45) is 0. The molecular formula is C18H16N2O2. The molecule has 0 saturated heterocycles. The van der Waals surface area contributed by atoms with Gasteiger partial charge in [-0.05, 0) is 18.1 Å². The summed E-state index contributed by atoms with van der Waals surface area (Å²) in [6.45, 7) is 1.81. The Bertz CT molecular complexity index is 751. The zero-order valence-corrected chi connectivity index (χ0v) is 12.5. The van der Waals surface area contributed by atoms with Crippen LogP contribution >= 0.6 is 0 Å². The van der Waals surface area contributed by atoms with E-state index in [4.69, 9.17) is 4.74 Å². The number of carbonyl (C=O) groups is 1. The van der Waals surface area contributed by atoms with Gasteiger partial charge in [0.1, 0.15) is 0 Å². The molecule has 1 unspecified atom stereocenters. The molecule has 0 bridgehead atoms. The highest BCUT2D eigenvalue weighted by Crippen LogP contribution is 2.36. The minimum Gasteiger partial charge on any atom is -0.468 e. The first-order chi connectivity index (χ1) is 10.7. The fourth-order valence-electron chi connectivity index (χ4n) is 2.87. The predicted molar refractivity (Wildman–Crippen MR) is 86.2 cm³/mol. The highest BCUT2D eigenvalue weighted by molar-refractivity contribution is 6.36. The van der Waals surface area contributed by atoms with E-state index >= 15 is 0 Å². The van der Waals surface area contributed by atoms with Crippen molar-refractivity contribution in [3.63, 3.8) is 0 Å². The van der Waals surface area contributed by atoms with Crippen LogP contribution in [0.3, 0.4) is 0 Å². The number of rotatable bonds is 3. The molecule has 4 nitrogen and oxygen atoms in total. The van der Waals surface area contributed by atoms with Crippen molar-refractivity contribution in [2.45, 2.75) is 12.3 Å². The molecule has 1 atom stereocenters. The number of hydrogen-bond donors (Lipinski definition) is 0. The van der Waals surface area contributed by atoms with Crippen molar-refractivity contribution < 1.29 is 9.53 Å². The largest absolute Gasteiger partial charge is 0.468 e. The first kappa shape index (κ1) is 14.2. The Morgan fingerprint density at radius 2 is 1.55 bits per heavy atom. The second kappa shape index (κ2) is 5.56. The van der Waals surface area contributed by atoms with Gasteiger partial charge in [0.05, 0.1) is 18.5 Å². The van der Waals surface area contributed by atoms with Gasteiger partial charge in [-0.15, -0.1) is 0 Å². The van der Waals surface area contributed by atoms with Gasteiger partial charge in [0.15, 0.2) is 5.41 Å². The van der Waals surface area contributed by atoms with E-state index in [9.17, 15) is 4.79 Å². The van der Waals surface area contributed by atoms with E-state index in [1.54, 1.807) is 0 Å². The molecule has 0 fully saturated rings. The third-order valence-electron chi connectivity index (χ3n) is 3.94. The number of hydrogen-bond acceptors (Lipinski definition) is 4. The Hall–Kier alpha value is -2.75. The molecule has 110 valence electrons. The van der Waals surface area contributed by atoms with Crippen molar-refractivity contribution in [2.75, 3.05) is 7.11 Å². The van der Waals surface area contributed by atoms with Crippen molar-refractivity contribution >= 4 is 17.4 Å². The van der Waals surface area contributed by atoms with Crippen LogP contribution in [0.5, 0.6) is 0 Å². The number of nitrogens with zero attached hydrogens (tertiary/aromatic N) is 2. The summed E-state index contributed by atoms with van der Waals surface area (Å²) in [7, 11) is 1.39. The Kier molecular flexibility index (Phi) is 3.59. The monoisotopic (exact) mass is 292 g/mol.